The molecule has 0 spiro atoms. The number of halogens is 1. The van der Waals surface area contributed by atoms with Crippen molar-refractivity contribution < 1.29 is 18.7 Å². The minimum absolute atomic E-state index is 0.0248. The van der Waals surface area contributed by atoms with Crippen molar-refractivity contribution in [2.24, 2.45) is 0 Å². The number of benzene rings is 2. The standard InChI is InChI=1S/C27H34FN3O3/c1-17(2)19-11-12-20(23(24(19)28)18-8-5-4-6-9-18)25(31-26(33)21-10-7-13-29-21)22(32)14-30-27(3)15-34-16-27/h4-6,8-9,11-12,17,21,25,29-30H,7,10,13-16H2,1-3H3,(H,31,33). The molecule has 2 unspecified atom stereocenters. The highest BCUT2D eigenvalue weighted by Crippen LogP contribution is 2.35. The number of Topliss-reactive ketones (excluding diaryl/α,β-unsaturated/α-hetero) is 1. The normalized spacial score (nSPS) is 20.1. The second-order valence-corrected chi connectivity index (χ2v) is 9.92. The molecule has 34 heavy (non-hydrogen) atoms. The number of ketones is 1. The molecule has 0 bridgehead atoms. The summed E-state index contributed by atoms with van der Waals surface area (Å²) < 4.78 is 21.2. The first kappa shape index (κ1) is 24.5. The van der Waals surface area contributed by atoms with Gasteiger partial charge >= 0.3 is 0 Å². The van der Waals surface area contributed by atoms with E-state index in [-0.39, 0.29) is 41.6 Å². The summed E-state index contributed by atoms with van der Waals surface area (Å²) in [5.41, 5.74) is 1.82. The number of carbonyl (C=O) groups is 2. The topological polar surface area (TPSA) is 79.5 Å². The van der Waals surface area contributed by atoms with E-state index in [0.29, 0.717) is 41.9 Å². The molecule has 3 N–H and O–H groups in total. The smallest absolute Gasteiger partial charge is 0.237 e. The van der Waals surface area contributed by atoms with Crippen molar-refractivity contribution in [3.63, 3.8) is 0 Å². The van der Waals surface area contributed by atoms with Crippen molar-refractivity contribution in [2.45, 2.75) is 57.2 Å². The maximum Gasteiger partial charge on any atom is 0.237 e. The van der Waals surface area contributed by atoms with Crippen molar-refractivity contribution >= 4 is 11.7 Å². The van der Waals surface area contributed by atoms with Crippen molar-refractivity contribution in [3.05, 3.63) is 59.4 Å². The van der Waals surface area contributed by atoms with Gasteiger partial charge in [0.1, 0.15) is 11.9 Å². The molecule has 2 aromatic carbocycles. The Labute approximate surface area is 200 Å². The number of hydrogen-bond donors (Lipinski definition) is 3. The van der Waals surface area contributed by atoms with Gasteiger partial charge in [0.2, 0.25) is 5.91 Å². The fourth-order valence-corrected chi connectivity index (χ4v) is 4.59. The first-order valence-corrected chi connectivity index (χ1v) is 12.1. The molecular weight excluding hydrogens is 433 g/mol. The van der Waals surface area contributed by atoms with Crippen LogP contribution < -0.4 is 16.0 Å². The fraction of sp³-hybridized carbons (Fsp3) is 0.481. The first-order chi connectivity index (χ1) is 16.3. The molecule has 0 aliphatic carbocycles. The van der Waals surface area contributed by atoms with Gasteiger partial charge in [0.05, 0.1) is 31.3 Å². The molecule has 2 aliphatic heterocycles. The van der Waals surface area contributed by atoms with Crippen LogP contribution in [-0.2, 0) is 14.3 Å². The summed E-state index contributed by atoms with van der Waals surface area (Å²) in [6.07, 6.45) is 1.62. The zero-order chi connectivity index (χ0) is 24.3. The second-order valence-electron chi connectivity index (χ2n) is 9.92. The van der Waals surface area contributed by atoms with E-state index in [0.717, 1.165) is 13.0 Å². The van der Waals surface area contributed by atoms with Crippen molar-refractivity contribution in [2.75, 3.05) is 26.3 Å². The van der Waals surface area contributed by atoms with Gasteiger partial charge in [0, 0.05) is 5.56 Å². The van der Waals surface area contributed by atoms with Crippen LogP contribution in [0.25, 0.3) is 11.1 Å². The molecule has 4 rings (SSSR count). The highest BCUT2D eigenvalue weighted by atomic mass is 19.1. The van der Waals surface area contributed by atoms with E-state index >= 15 is 4.39 Å². The summed E-state index contributed by atoms with van der Waals surface area (Å²) in [6, 6.07) is 11.4. The van der Waals surface area contributed by atoms with Gasteiger partial charge in [-0.05, 0) is 48.9 Å². The SMILES string of the molecule is CC(C)c1ccc(C(NC(=O)C2CCCN2)C(=O)CNC2(C)COC2)c(-c2ccccc2)c1F. The van der Waals surface area contributed by atoms with Gasteiger partial charge in [-0.25, -0.2) is 4.39 Å². The Morgan fingerprint density at radius 1 is 1.15 bits per heavy atom. The van der Waals surface area contributed by atoms with Gasteiger partial charge < -0.3 is 20.7 Å². The van der Waals surface area contributed by atoms with Gasteiger partial charge in [-0.2, -0.15) is 0 Å². The van der Waals surface area contributed by atoms with Crippen LogP contribution in [0.5, 0.6) is 0 Å². The molecule has 2 fully saturated rings. The Hall–Kier alpha value is -2.61. The second kappa shape index (κ2) is 10.3. The number of nitrogens with one attached hydrogen (secondary N) is 3. The first-order valence-electron chi connectivity index (χ1n) is 12.1. The van der Waals surface area contributed by atoms with Crippen LogP contribution in [0.2, 0.25) is 0 Å². The van der Waals surface area contributed by atoms with Gasteiger partial charge in [-0.1, -0.05) is 56.3 Å². The lowest BCUT2D eigenvalue weighted by Gasteiger charge is -2.39. The molecule has 2 atom stereocenters. The third-order valence-electron chi connectivity index (χ3n) is 6.72. The van der Waals surface area contributed by atoms with Gasteiger partial charge in [-0.15, -0.1) is 0 Å². The predicted molar refractivity (Wildman–Crippen MR) is 130 cm³/mol. The summed E-state index contributed by atoms with van der Waals surface area (Å²) in [7, 11) is 0. The predicted octanol–water partition coefficient (Wildman–Crippen LogP) is 3.47. The highest BCUT2D eigenvalue weighted by Gasteiger charge is 2.36. The molecular formula is C27H34FN3O3. The Morgan fingerprint density at radius 2 is 1.85 bits per heavy atom. The van der Waals surface area contributed by atoms with Gasteiger partial charge in [0.25, 0.3) is 0 Å². The van der Waals surface area contributed by atoms with Crippen LogP contribution in [0.15, 0.2) is 42.5 Å². The van der Waals surface area contributed by atoms with Crippen LogP contribution in [0.4, 0.5) is 4.39 Å². The molecule has 2 aliphatic rings. The number of hydrogen-bond acceptors (Lipinski definition) is 5. The Morgan fingerprint density at radius 3 is 2.44 bits per heavy atom. The van der Waals surface area contributed by atoms with Crippen LogP contribution in [0, 0.1) is 5.82 Å². The lowest BCUT2D eigenvalue weighted by molar-refractivity contribution is -0.129. The summed E-state index contributed by atoms with van der Waals surface area (Å²) in [5.74, 6) is -0.824. The zero-order valence-electron chi connectivity index (χ0n) is 20.1. The van der Waals surface area contributed by atoms with E-state index in [2.05, 4.69) is 16.0 Å². The van der Waals surface area contributed by atoms with E-state index in [1.165, 1.54) is 0 Å². The molecule has 0 aromatic heterocycles. The molecule has 2 aromatic rings. The summed E-state index contributed by atoms with van der Waals surface area (Å²) in [4.78, 5) is 26.6. The van der Waals surface area contributed by atoms with E-state index in [9.17, 15) is 9.59 Å². The largest absolute Gasteiger partial charge is 0.377 e. The monoisotopic (exact) mass is 467 g/mol. The Balaban J connectivity index is 1.73. The molecule has 7 heteroatoms. The van der Waals surface area contributed by atoms with Crippen LogP contribution in [0.3, 0.4) is 0 Å². The van der Waals surface area contributed by atoms with Crippen molar-refractivity contribution in [1.29, 1.82) is 0 Å². The van der Waals surface area contributed by atoms with Crippen LogP contribution in [-0.4, -0.2) is 49.6 Å². The average molecular weight is 468 g/mol. The molecule has 6 nitrogen and oxygen atoms in total. The maximum absolute atomic E-state index is 15.9. The number of amides is 1. The number of carbonyl (C=O) groups excluding carboxylic acids is 2. The third kappa shape index (κ3) is 5.22. The van der Waals surface area contributed by atoms with Crippen LogP contribution >= 0.6 is 0 Å². The van der Waals surface area contributed by atoms with Crippen LogP contribution in [0.1, 0.15) is 56.7 Å². The fourth-order valence-electron chi connectivity index (χ4n) is 4.59. The van der Waals surface area contributed by atoms with E-state index in [4.69, 9.17) is 4.74 Å². The highest BCUT2D eigenvalue weighted by molar-refractivity contribution is 5.94. The molecule has 0 radical (unpaired) electrons. The lowest BCUT2D eigenvalue weighted by Crippen LogP contribution is -2.59. The van der Waals surface area contributed by atoms with E-state index in [1.54, 1.807) is 12.1 Å². The molecule has 182 valence electrons. The Kier molecular flexibility index (Phi) is 7.45. The van der Waals surface area contributed by atoms with Gasteiger partial charge in [-0.3, -0.25) is 9.59 Å². The Bertz CT molecular complexity index is 1030. The summed E-state index contributed by atoms with van der Waals surface area (Å²) in [5, 5.41) is 9.38. The van der Waals surface area contributed by atoms with Gasteiger partial charge in [0.15, 0.2) is 5.78 Å². The third-order valence-corrected chi connectivity index (χ3v) is 6.72. The summed E-state index contributed by atoms with van der Waals surface area (Å²) >= 11 is 0. The number of ether oxygens (including phenoxy) is 1. The average Bonchev–Trinajstić information content (AvgIpc) is 3.35. The molecule has 2 saturated heterocycles. The van der Waals surface area contributed by atoms with Crippen molar-refractivity contribution in [3.8, 4) is 11.1 Å². The zero-order valence-corrected chi connectivity index (χ0v) is 20.1. The lowest BCUT2D eigenvalue weighted by atomic mass is 9.87. The minimum Gasteiger partial charge on any atom is -0.377 e. The summed E-state index contributed by atoms with van der Waals surface area (Å²) in [6.45, 7) is 7.73. The van der Waals surface area contributed by atoms with E-state index < -0.39 is 6.04 Å². The van der Waals surface area contributed by atoms with E-state index in [1.807, 2.05) is 51.1 Å². The molecule has 0 saturated carbocycles. The number of rotatable bonds is 9. The minimum atomic E-state index is -0.974. The molecule has 1 amide bonds. The van der Waals surface area contributed by atoms with Crippen molar-refractivity contribution in [1.82, 2.24) is 16.0 Å². The maximum atomic E-state index is 15.9. The quantitative estimate of drug-likeness (QED) is 0.526. The molecule has 2 heterocycles.